The Kier molecular flexibility index (Phi) is 8.89. The van der Waals surface area contributed by atoms with E-state index in [1.807, 2.05) is 5.56 Å². The SMILES string of the molecule is C1=CCC(N(c2c3c(c(N(C4=CCCC=C4)c4ccccc4)c4cc5c(cc24)C2CCCC4C=CC=C5C42)C2CC4CCC=CC4C4CCCC3C24)C2CCCCC2)C=C1. The third-order valence-electron chi connectivity index (χ3n) is 18.0. The van der Waals surface area contributed by atoms with Crippen LogP contribution in [0.3, 0.4) is 0 Å². The molecule has 0 bridgehead atoms. The minimum atomic E-state index is 0.403. The van der Waals surface area contributed by atoms with Crippen LogP contribution < -0.4 is 9.80 Å². The Bertz CT molecular complexity index is 2410. The van der Waals surface area contributed by atoms with E-state index in [0.29, 0.717) is 41.7 Å². The monoisotopic (exact) mass is 789 g/mol. The predicted octanol–water partition coefficient (Wildman–Crippen LogP) is 15.3. The fourth-order valence-electron chi connectivity index (χ4n) is 15.9. The summed E-state index contributed by atoms with van der Waals surface area (Å²) in [5.41, 5.74) is 14.4. The zero-order valence-corrected chi connectivity index (χ0v) is 35.7. The van der Waals surface area contributed by atoms with Crippen molar-refractivity contribution >= 4 is 33.4 Å². The lowest BCUT2D eigenvalue weighted by atomic mass is 9.55. The van der Waals surface area contributed by atoms with Gasteiger partial charge in [-0.05, 0) is 188 Å². The van der Waals surface area contributed by atoms with E-state index in [1.165, 1.54) is 107 Å². The molecule has 13 rings (SSSR count). The van der Waals surface area contributed by atoms with E-state index >= 15 is 0 Å². The molecule has 0 heterocycles. The van der Waals surface area contributed by atoms with Crippen LogP contribution in [0.5, 0.6) is 0 Å². The molecule has 3 aromatic rings. The summed E-state index contributed by atoms with van der Waals surface area (Å²) >= 11 is 0. The first-order chi connectivity index (χ1) is 29.8. The molecule has 10 aliphatic carbocycles. The van der Waals surface area contributed by atoms with Crippen molar-refractivity contribution < 1.29 is 0 Å². The summed E-state index contributed by atoms with van der Waals surface area (Å²) < 4.78 is 0. The van der Waals surface area contributed by atoms with Crippen LogP contribution in [0.1, 0.15) is 149 Å². The third-order valence-corrected chi connectivity index (χ3v) is 18.0. The summed E-state index contributed by atoms with van der Waals surface area (Å²) in [4.78, 5) is 5.93. The minimum Gasteiger partial charge on any atom is -0.361 e. The molecule has 4 saturated carbocycles. The lowest BCUT2D eigenvalue weighted by Gasteiger charge is -2.50. The molecule has 0 amide bonds. The number of fused-ring (bicyclic) bond motifs is 9. The molecule has 3 aromatic carbocycles. The van der Waals surface area contributed by atoms with Gasteiger partial charge in [-0.15, -0.1) is 0 Å². The number of nitrogens with zero attached hydrogens (tertiary/aromatic N) is 2. The Labute approximate surface area is 359 Å². The predicted molar refractivity (Wildman–Crippen MR) is 252 cm³/mol. The highest BCUT2D eigenvalue weighted by Gasteiger charge is 2.56. The molecule has 2 heteroatoms. The lowest BCUT2D eigenvalue weighted by Crippen LogP contribution is -2.45. The highest BCUT2D eigenvalue weighted by atomic mass is 15.2. The van der Waals surface area contributed by atoms with E-state index < -0.39 is 0 Å². The summed E-state index contributed by atoms with van der Waals surface area (Å²) in [6.07, 6.45) is 52.4. The van der Waals surface area contributed by atoms with Crippen molar-refractivity contribution in [1.82, 2.24) is 0 Å². The third kappa shape index (κ3) is 5.50. The van der Waals surface area contributed by atoms with E-state index in [9.17, 15) is 0 Å². The number of rotatable bonds is 6. The molecule has 0 N–H and O–H groups in total. The van der Waals surface area contributed by atoms with Crippen LogP contribution in [0.2, 0.25) is 0 Å². The number of benzene rings is 3. The molecule has 0 saturated heterocycles. The molecule has 10 atom stereocenters. The number of hydrogen-bond acceptors (Lipinski definition) is 2. The Morgan fingerprint density at radius 3 is 2.37 bits per heavy atom. The second-order valence-electron chi connectivity index (χ2n) is 20.8. The van der Waals surface area contributed by atoms with Crippen LogP contribution in [0.15, 0.2) is 121 Å². The molecule has 0 radical (unpaired) electrons. The summed E-state index contributed by atoms with van der Waals surface area (Å²) in [5, 5.41) is 3.12. The van der Waals surface area contributed by atoms with Gasteiger partial charge < -0.3 is 9.80 Å². The van der Waals surface area contributed by atoms with Gasteiger partial charge in [0.2, 0.25) is 0 Å². The molecular formula is C58H64N2. The summed E-state index contributed by atoms with van der Waals surface area (Å²) in [7, 11) is 0. The molecule has 306 valence electrons. The number of para-hydroxylation sites is 1. The van der Waals surface area contributed by atoms with Crippen molar-refractivity contribution in [1.29, 1.82) is 0 Å². The number of anilines is 3. The van der Waals surface area contributed by atoms with E-state index in [1.54, 1.807) is 39.0 Å². The Hall–Kier alpha value is -4.30. The van der Waals surface area contributed by atoms with Gasteiger partial charge in [-0.25, -0.2) is 0 Å². The van der Waals surface area contributed by atoms with Gasteiger partial charge >= 0.3 is 0 Å². The summed E-state index contributed by atoms with van der Waals surface area (Å²) in [5.74, 6) is 6.28. The van der Waals surface area contributed by atoms with Gasteiger partial charge in [0.15, 0.2) is 0 Å². The van der Waals surface area contributed by atoms with E-state index in [-0.39, 0.29) is 0 Å². The average Bonchev–Trinajstić information content (AvgIpc) is 3.81. The fraction of sp³-hybridized carbons (Fsp3) is 0.483. The van der Waals surface area contributed by atoms with Gasteiger partial charge in [-0.1, -0.05) is 117 Å². The summed E-state index contributed by atoms with van der Waals surface area (Å²) in [6.45, 7) is 0. The largest absolute Gasteiger partial charge is 0.361 e. The molecule has 10 aliphatic rings. The quantitative estimate of drug-likeness (QED) is 0.181. The molecule has 0 aromatic heterocycles. The van der Waals surface area contributed by atoms with Crippen LogP contribution in [0.25, 0.3) is 16.3 Å². The van der Waals surface area contributed by atoms with Crippen molar-refractivity contribution in [3.63, 3.8) is 0 Å². The zero-order chi connectivity index (χ0) is 39.3. The molecule has 0 spiro atoms. The lowest BCUT2D eigenvalue weighted by molar-refractivity contribution is 0.0513. The van der Waals surface area contributed by atoms with Crippen molar-refractivity contribution in [3.8, 4) is 0 Å². The van der Waals surface area contributed by atoms with Crippen LogP contribution in [-0.4, -0.2) is 12.1 Å². The smallest absolute Gasteiger partial charge is 0.0579 e. The van der Waals surface area contributed by atoms with Crippen molar-refractivity contribution in [2.75, 3.05) is 9.80 Å². The van der Waals surface area contributed by atoms with Crippen molar-refractivity contribution in [2.45, 2.75) is 139 Å². The van der Waals surface area contributed by atoms with Crippen LogP contribution >= 0.6 is 0 Å². The maximum absolute atomic E-state index is 3.13. The first kappa shape index (κ1) is 36.4. The second-order valence-corrected chi connectivity index (χ2v) is 20.8. The topological polar surface area (TPSA) is 6.48 Å². The van der Waals surface area contributed by atoms with E-state index in [4.69, 9.17) is 0 Å². The molecule has 4 fully saturated rings. The van der Waals surface area contributed by atoms with Crippen molar-refractivity contribution in [3.05, 3.63) is 143 Å². The molecular weight excluding hydrogens is 725 g/mol. The minimum absolute atomic E-state index is 0.403. The first-order valence-electron chi connectivity index (χ1n) is 24.9. The molecule has 60 heavy (non-hydrogen) atoms. The molecule has 10 unspecified atom stereocenters. The fourth-order valence-corrected chi connectivity index (χ4v) is 15.9. The average molecular weight is 789 g/mol. The summed E-state index contributed by atoms with van der Waals surface area (Å²) in [6, 6.07) is 18.3. The molecule has 2 nitrogen and oxygen atoms in total. The first-order valence-corrected chi connectivity index (χ1v) is 24.9. The van der Waals surface area contributed by atoms with Crippen LogP contribution in [0, 0.1) is 35.5 Å². The van der Waals surface area contributed by atoms with Gasteiger partial charge in [-0.3, -0.25) is 0 Å². The van der Waals surface area contributed by atoms with Crippen LogP contribution in [-0.2, 0) is 0 Å². The number of hydrogen-bond donors (Lipinski definition) is 0. The standard InChI is InChI=1S/C58H64N2/c1-5-21-39(22-6-1)59(40-23-7-2-8-24-40)57-50-35-48-45-30-15-19-37-20-16-31-46(53(37)45)49(48)36-51(50)58(60(41-25-9-3-10-26-41)42-27-11-4-12-28-42)56-52-34-38-18-13-14-29-43(38)44-32-17-33-47(54(44)52)55(56)57/h1,3,5-6,9-11,14,16,20-21,25-29,31,35-40,43-45,47,52-54H,2,4,7-8,12-13,15,17-19,22-24,30,32-34H2. The van der Waals surface area contributed by atoms with Crippen LogP contribution in [0.4, 0.5) is 17.1 Å². The Morgan fingerprint density at radius 1 is 0.633 bits per heavy atom. The molecule has 0 aliphatic heterocycles. The van der Waals surface area contributed by atoms with E-state index in [0.717, 1.165) is 42.9 Å². The van der Waals surface area contributed by atoms with Gasteiger partial charge in [-0.2, -0.15) is 0 Å². The van der Waals surface area contributed by atoms with Gasteiger partial charge in [0.1, 0.15) is 0 Å². The highest BCUT2D eigenvalue weighted by Crippen LogP contribution is 2.70. The van der Waals surface area contributed by atoms with Gasteiger partial charge in [0.05, 0.1) is 11.7 Å². The van der Waals surface area contributed by atoms with E-state index in [2.05, 4.69) is 125 Å². The zero-order valence-electron chi connectivity index (χ0n) is 35.7. The van der Waals surface area contributed by atoms with Crippen molar-refractivity contribution in [2.24, 2.45) is 35.5 Å². The number of allylic oxidation sites excluding steroid dienone is 11. The maximum atomic E-state index is 3.13. The highest BCUT2D eigenvalue weighted by molar-refractivity contribution is 6.10. The maximum Gasteiger partial charge on any atom is 0.0579 e. The van der Waals surface area contributed by atoms with Gasteiger partial charge in [0.25, 0.3) is 0 Å². The second kappa shape index (κ2) is 14.7. The normalized spacial score (nSPS) is 34.3. The Morgan fingerprint density at radius 2 is 1.50 bits per heavy atom. The Balaban J connectivity index is 1.17. The van der Waals surface area contributed by atoms with Gasteiger partial charge in [0, 0.05) is 33.9 Å².